The van der Waals surface area contributed by atoms with Crippen molar-refractivity contribution in [2.24, 2.45) is 0 Å². The molecule has 0 atom stereocenters. The molecule has 0 saturated carbocycles. The first kappa shape index (κ1) is 19.8. The summed E-state index contributed by atoms with van der Waals surface area (Å²) < 4.78 is 1.90. The van der Waals surface area contributed by atoms with Gasteiger partial charge in [-0.3, -0.25) is 4.79 Å². The Hall–Kier alpha value is -1.57. The van der Waals surface area contributed by atoms with Crippen molar-refractivity contribution >= 4 is 35.8 Å². The molecule has 0 aliphatic carbocycles. The van der Waals surface area contributed by atoms with Crippen LogP contribution in [0.4, 0.5) is 5.69 Å². The number of aromatic nitrogens is 3. The van der Waals surface area contributed by atoms with E-state index in [4.69, 9.17) is 0 Å². The van der Waals surface area contributed by atoms with Gasteiger partial charge in [-0.05, 0) is 56.8 Å². The molecule has 2 heterocycles. The van der Waals surface area contributed by atoms with E-state index in [2.05, 4.69) is 27.9 Å². The number of thioether (sulfide) groups is 1. The number of nitrogens with zero attached hydrogens (tertiary/aromatic N) is 3. The van der Waals surface area contributed by atoms with Gasteiger partial charge in [-0.15, -0.1) is 29.3 Å². The number of hydrogen-bond acceptors (Lipinski definition) is 5. The summed E-state index contributed by atoms with van der Waals surface area (Å²) in [6.45, 7) is 5.99. The van der Waals surface area contributed by atoms with Crippen LogP contribution in [0.25, 0.3) is 0 Å². The van der Waals surface area contributed by atoms with E-state index in [-0.39, 0.29) is 18.3 Å². The summed E-state index contributed by atoms with van der Waals surface area (Å²) in [6, 6.07) is 8.20. The third-order valence-electron chi connectivity index (χ3n) is 4.20. The van der Waals surface area contributed by atoms with Crippen molar-refractivity contribution in [1.82, 2.24) is 20.3 Å². The number of halogens is 1. The van der Waals surface area contributed by atoms with E-state index in [1.807, 2.05) is 35.9 Å². The zero-order valence-corrected chi connectivity index (χ0v) is 16.1. The number of benzene rings is 1. The van der Waals surface area contributed by atoms with Gasteiger partial charge < -0.3 is 10.6 Å². The second-order valence-corrected chi connectivity index (χ2v) is 7.20. The monoisotopic (exact) mass is 381 g/mol. The minimum atomic E-state index is -0.202. The molecule has 1 aliphatic rings. The number of rotatable bonds is 5. The molecule has 8 heteroatoms. The van der Waals surface area contributed by atoms with Crippen LogP contribution in [-0.2, 0) is 0 Å². The van der Waals surface area contributed by atoms with Gasteiger partial charge in [0.15, 0.2) is 5.69 Å². The van der Waals surface area contributed by atoms with Crippen LogP contribution >= 0.6 is 24.2 Å². The van der Waals surface area contributed by atoms with Gasteiger partial charge in [0.25, 0.3) is 5.91 Å². The fraction of sp³-hybridized carbons (Fsp3) is 0.471. The number of amides is 1. The van der Waals surface area contributed by atoms with Crippen molar-refractivity contribution in [3.05, 3.63) is 35.7 Å². The molecule has 1 amide bonds. The average molecular weight is 382 g/mol. The predicted molar refractivity (Wildman–Crippen MR) is 104 cm³/mol. The van der Waals surface area contributed by atoms with Gasteiger partial charge in [0, 0.05) is 10.6 Å². The van der Waals surface area contributed by atoms with E-state index >= 15 is 0 Å². The highest BCUT2D eigenvalue weighted by Crippen LogP contribution is 2.23. The molecule has 0 unspecified atom stereocenters. The molecule has 2 aromatic rings. The standard InChI is InChI=1S/C17H23N5OS.ClH/c1-3-24-15-6-4-5-13(11-15)19-17(23)16-12(2)22(21-20-16)14-7-9-18-10-8-14;/h4-6,11,14,18H,3,7-10H2,1-2H3,(H,19,23);1H. The van der Waals surface area contributed by atoms with Crippen LogP contribution in [-0.4, -0.2) is 39.7 Å². The number of carbonyl (C=O) groups excluding carboxylic acids is 1. The van der Waals surface area contributed by atoms with Crippen molar-refractivity contribution in [1.29, 1.82) is 0 Å². The Morgan fingerprint density at radius 1 is 1.40 bits per heavy atom. The Labute approximate surface area is 158 Å². The molecular weight excluding hydrogens is 358 g/mol. The van der Waals surface area contributed by atoms with Crippen LogP contribution in [0.15, 0.2) is 29.2 Å². The Morgan fingerprint density at radius 2 is 2.16 bits per heavy atom. The van der Waals surface area contributed by atoms with Crippen molar-refractivity contribution in [3.63, 3.8) is 0 Å². The molecule has 2 N–H and O–H groups in total. The summed E-state index contributed by atoms with van der Waals surface area (Å²) in [5.74, 6) is 0.799. The maximum Gasteiger partial charge on any atom is 0.278 e. The smallest absolute Gasteiger partial charge is 0.278 e. The number of carbonyl (C=O) groups is 1. The van der Waals surface area contributed by atoms with E-state index < -0.39 is 0 Å². The SMILES string of the molecule is CCSc1cccc(NC(=O)c2nnn(C3CCNCC3)c2C)c1.Cl. The van der Waals surface area contributed by atoms with Crippen LogP contribution in [0.5, 0.6) is 0 Å². The van der Waals surface area contributed by atoms with Crippen molar-refractivity contribution in [3.8, 4) is 0 Å². The largest absolute Gasteiger partial charge is 0.320 e. The number of nitrogens with one attached hydrogen (secondary N) is 2. The summed E-state index contributed by atoms with van der Waals surface area (Å²) >= 11 is 1.75. The Kier molecular flexibility index (Phi) is 7.28. The molecule has 1 saturated heterocycles. The molecule has 136 valence electrons. The van der Waals surface area contributed by atoms with Crippen LogP contribution < -0.4 is 10.6 Å². The van der Waals surface area contributed by atoms with E-state index in [9.17, 15) is 4.79 Å². The lowest BCUT2D eigenvalue weighted by molar-refractivity contribution is 0.102. The van der Waals surface area contributed by atoms with Gasteiger partial charge in [-0.2, -0.15) is 0 Å². The number of piperidine rings is 1. The topological polar surface area (TPSA) is 71.8 Å². The van der Waals surface area contributed by atoms with Crippen molar-refractivity contribution < 1.29 is 4.79 Å². The lowest BCUT2D eigenvalue weighted by atomic mass is 10.1. The van der Waals surface area contributed by atoms with Gasteiger partial charge in [-0.1, -0.05) is 18.2 Å². The Bertz CT molecular complexity index is 715. The van der Waals surface area contributed by atoms with Crippen LogP contribution in [0, 0.1) is 6.92 Å². The first-order valence-corrected chi connectivity index (χ1v) is 9.34. The Balaban J connectivity index is 0.00000225. The van der Waals surface area contributed by atoms with Gasteiger partial charge >= 0.3 is 0 Å². The van der Waals surface area contributed by atoms with Crippen LogP contribution in [0.2, 0.25) is 0 Å². The lowest BCUT2D eigenvalue weighted by Crippen LogP contribution is -2.30. The van der Waals surface area contributed by atoms with E-state index in [1.54, 1.807) is 11.8 Å². The third-order valence-corrected chi connectivity index (χ3v) is 5.08. The highest BCUT2D eigenvalue weighted by molar-refractivity contribution is 7.99. The normalized spacial score (nSPS) is 14.8. The molecule has 0 radical (unpaired) electrons. The summed E-state index contributed by atoms with van der Waals surface area (Å²) in [7, 11) is 0. The molecule has 6 nitrogen and oxygen atoms in total. The number of anilines is 1. The maximum absolute atomic E-state index is 12.6. The second kappa shape index (κ2) is 9.22. The molecule has 25 heavy (non-hydrogen) atoms. The minimum Gasteiger partial charge on any atom is -0.320 e. The molecule has 3 rings (SSSR count). The fourth-order valence-electron chi connectivity index (χ4n) is 2.97. The highest BCUT2D eigenvalue weighted by Gasteiger charge is 2.22. The zero-order valence-electron chi connectivity index (χ0n) is 14.5. The highest BCUT2D eigenvalue weighted by atomic mass is 35.5. The average Bonchev–Trinajstić information content (AvgIpc) is 2.98. The second-order valence-electron chi connectivity index (χ2n) is 5.86. The fourth-order valence-corrected chi connectivity index (χ4v) is 3.69. The van der Waals surface area contributed by atoms with Gasteiger partial charge in [-0.25, -0.2) is 4.68 Å². The molecule has 1 aromatic heterocycles. The predicted octanol–water partition coefficient (Wildman–Crippen LogP) is 3.30. The first-order valence-electron chi connectivity index (χ1n) is 8.35. The summed E-state index contributed by atoms with van der Waals surface area (Å²) in [5, 5.41) is 14.6. The van der Waals surface area contributed by atoms with Crippen LogP contribution in [0.3, 0.4) is 0 Å². The van der Waals surface area contributed by atoms with Gasteiger partial charge in [0.05, 0.1) is 11.7 Å². The van der Waals surface area contributed by atoms with Gasteiger partial charge in [0.2, 0.25) is 0 Å². The van der Waals surface area contributed by atoms with Crippen molar-refractivity contribution in [2.45, 2.75) is 37.6 Å². The zero-order chi connectivity index (χ0) is 16.9. The van der Waals surface area contributed by atoms with Gasteiger partial charge in [0.1, 0.15) is 0 Å². The molecule has 1 aromatic carbocycles. The van der Waals surface area contributed by atoms with E-state index in [0.29, 0.717) is 11.7 Å². The molecular formula is C17H24ClN5OS. The minimum absolute atomic E-state index is 0. The molecule has 0 bridgehead atoms. The Morgan fingerprint density at radius 3 is 2.88 bits per heavy atom. The molecule has 1 aliphatic heterocycles. The quantitative estimate of drug-likeness (QED) is 0.777. The first-order chi connectivity index (χ1) is 11.7. The van der Waals surface area contributed by atoms with Crippen LogP contribution in [0.1, 0.15) is 42.0 Å². The lowest BCUT2D eigenvalue weighted by Gasteiger charge is -2.23. The number of hydrogen-bond donors (Lipinski definition) is 2. The maximum atomic E-state index is 12.6. The van der Waals surface area contributed by atoms with Crippen molar-refractivity contribution in [2.75, 3.05) is 24.2 Å². The van der Waals surface area contributed by atoms with E-state index in [0.717, 1.165) is 48.0 Å². The third kappa shape index (κ3) is 4.74. The molecule has 1 fully saturated rings. The summed E-state index contributed by atoms with van der Waals surface area (Å²) in [4.78, 5) is 13.7. The molecule has 0 spiro atoms. The summed E-state index contributed by atoms with van der Waals surface area (Å²) in [6.07, 6.45) is 2.03. The van der Waals surface area contributed by atoms with E-state index in [1.165, 1.54) is 0 Å². The summed E-state index contributed by atoms with van der Waals surface area (Å²) in [5.41, 5.74) is 2.02.